The van der Waals surface area contributed by atoms with Gasteiger partial charge in [0.15, 0.2) is 11.5 Å². The number of anilines is 2. The number of rotatable bonds is 8. The highest BCUT2D eigenvalue weighted by Crippen LogP contribution is 2.30. The molecule has 0 saturated carbocycles. The fraction of sp³-hybridized carbons (Fsp3) is 0.115. The molecule has 0 radical (unpaired) electrons. The zero-order valence-corrected chi connectivity index (χ0v) is 18.4. The van der Waals surface area contributed by atoms with Crippen LogP contribution in [0.4, 0.5) is 11.5 Å². The van der Waals surface area contributed by atoms with E-state index in [1.54, 1.807) is 44.6 Å². The van der Waals surface area contributed by atoms with Gasteiger partial charge in [0.05, 0.1) is 19.9 Å². The number of hydrogen-bond donors (Lipinski definition) is 2. The number of methoxy groups -OCH3 is 2. The molecule has 0 aliphatic heterocycles. The van der Waals surface area contributed by atoms with Crippen molar-refractivity contribution in [2.75, 3.05) is 24.9 Å². The van der Waals surface area contributed by atoms with E-state index in [0.717, 1.165) is 11.1 Å². The molecule has 0 fully saturated rings. The number of carbonyl (C=O) groups is 1. The molecule has 0 aliphatic carbocycles. The van der Waals surface area contributed by atoms with Crippen molar-refractivity contribution in [3.8, 4) is 22.8 Å². The fourth-order valence-corrected chi connectivity index (χ4v) is 3.31. The van der Waals surface area contributed by atoms with E-state index in [2.05, 4.69) is 20.8 Å². The van der Waals surface area contributed by atoms with Gasteiger partial charge in [-0.05, 0) is 42.0 Å². The Morgan fingerprint density at radius 2 is 1.64 bits per heavy atom. The molecule has 4 aromatic rings. The van der Waals surface area contributed by atoms with E-state index in [9.17, 15) is 4.79 Å². The Labute approximate surface area is 192 Å². The smallest absolute Gasteiger partial charge is 0.255 e. The molecule has 2 N–H and O–H groups in total. The second-order valence-corrected chi connectivity index (χ2v) is 7.25. The van der Waals surface area contributed by atoms with Crippen LogP contribution >= 0.6 is 0 Å². The highest BCUT2D eigenvalue weighted by atomic mass is 16.5. The van der Waals surface area contributed by atoms with Crippen LogP contribution < -0.4 is 20.1 Å². The number of nitrogens with one attached hydrogen (secondary N) is 2. The van der Waals surface area contributed by atoms with E-state index in [0.29, 0.717) is 40.8 Å². The number of carbonyl (C=O) groups excluding carboxylic acids is 1. The third kappa shape index (κ3) is 5.46. The van der Waals surface area contributed by atoms with Gasteiger partial charge in [-0.3, -0.25) is 4.79 Å². The van der Waals surface area contributed by atoms with Gasteiger partial charge in [-0.15, -0.1) is 10.2 Å². The lowest BCUT2D eigenvalue weighted by molar-refractivity contribution is 0.102. The largest absolute Gasteiger partial charge is 0.493 e. The summed E-state index contributed by atoms with van der Waals surface area (Å²) in [5.41, 5.74) is 3.77. The maximum atomic E-state index is 12.8. The van der Waals surface area contributed by atoms with E-state index in [-0.39, 0.29) is 5.91 Å². The van der Waals surface area contributed by atoms with Gasteiger partial charge in [0.25, 0.3) is 5.91 Å². The van der Waals surface area contributed by atoms with Crippen molar-refractivity contribution in [1.29, 1.82) is 0 Å². The molecule has 0 saturated heterocycles. The Balaban J connectivity index is 1.44. The van der Waals surface area contributed by atoms with Crippen LogP contribution in [0, 0.1) is 0 Å². The van der Waals surface area contributed by atoms with Crippen molar-refractivity contribution in [2.45, 2.75) is 6.54 Å². The third-order valence-corrected chi connectivity index (χ3v) is 5.04. The molecule has 1 heterocycles. The first-order valence-corrected chi connectivity index (χ1v) is 10.4. The van der Waals surface area contributed by atoms with Gasteiger partial charge >= 0.3 is 0 Å². The Morgan fingerprint density at radius 3 is 2.36 bits per heavy atom. The minimum atomic E-state index is -0.238. The van der Waals surface area contributed by atoms with Crippen LogP contribution in [0.2, 0.25) is 0 Å². The van der Waals surface area contributed by atoms with Crippen molar-refractivity contribution in [3.05, 3.63) is 96.1 Å². The molecule has 4 rings (SSSR count). The summed E-state index contributed by atoms with van der Waals surface area (Å²) in [5, 5.41) is 14.7. The van der Waals surface area contributed by atoms with Gasteiger partial charge in [0.1, 0.15) is 5.82 Å². The quantitative estimate of drug-likeness (QED) is 0.400. The Morgan fingerprint density at radius 1 is 0.818 bits per heavy atom. The lowest BCUT2D eigenvalue weighted by Crippen LogP contribution is -2.12. The molecule has 3 aromatic carbocycles. The lowest BCUT2D eigenvalue weighted by Gasteiger charge is -2.11. The van der Waals surface area contributed by atoms with E-state index in [1.807, 2.05) is 54.6 Å². The topological polar surface area (TPSA) is 85.4 Å². The van der Waals surface area contributed by atoms with Crippen LogP contribution in [0.3, 0.4) is 0 Å². The minimum Gasteiger partial charge on any atom is -0.493 e. The number of nitrogens with zero attached hydrogens (tertiary/aromatic N) is 2. The molecule has 0 bridgehead atoms. The Kier molecular flexibility index (Phi) is 6.80. The van der Waals surface area contributed by atoms with Crippen LogP contribution in [-0.2, 0) is 6.54 Å². The minimum absolute atomic E-state index is 0.238. The third-order valence-electron chi connectivity index (χ3n) is 5.04. The van der Waals surface area contributed by atoms with E-state index in [4.69, 9.17) is 9.47 Å². The highest BCUT2D eigenvalue weighted by Gasteiger charge is 2.11. The van der Waals surface area contributed by atoms with E-state index >= 15 is 0 Å². The molecule has 0 unspecified atom stereocenters. The van der Waals surface area contributed by atoms with Crippen molar-refractivity contribution in [1.82, 2.24) is 10.2 Å². The SMILES string of the molecule is COc1ccc(NC(=O)c2cccc(-c3ccc(NCc4ccccc4)nn3)c2)cc1OC. The number of benzene rings is 3. The lowest BCUT2D eigenvalue weighted by atomic mass is 10.1. The van der Waals surface area contributed by atoms with Gasteiger partial charge in [-0.2, -0.15) is 0 Å². The Hall–Kier alpha value is -4.39. The van der Waals surface area contributed by atoms with Crippen LogP contribution in [0.25, 0.3) is 11.3 Å². The van der Waals surface area contributed by atoms with E-state index < -0.39 is 0 Å². The maximum absolute atomic E-state index is 12.8. The first-order valence-electron chi connectivity index (χ1n) is 10.4. The highest BCUT2D eigenvalue weighted by molar-refractivity contribution is 6.05. The van der Waals surface area contributed by atoms with Crippen LogP contribution in [0.15, 0.2) is 84.9 Å². The second-order valence-electron chi connectivity index (χ2n) is 7.25. The van der Waals surface area contributed by atoms with Gasteiger partial charge in [-0.25, -0.2) is 0 Å². The van der Waals surface area contributed by atoms with Crippen LogP contribution in [-0.4, -0.2) is 30.3 Å². The number of amides is 1. The molecule has 0 atom stereocenters. The van der Waals surface area contributed by atoms with Gasteiger partial charge in [0, 0.05) is 29.4 Å². The predicted octanol–water partition coefficient (Wildman–Crippen LogP) is 5.03. The Bertz CT molecular complexity index is 1230. The van der Waals surface area contributed by atoms with Crippen molar-refractivity contribution < 1.29 is 14.3 Å². The summed E-state index contributed by atoms with van der Waals surface area (Å²) in [6.07, 6.45) is 0. The zero-order valence-electron chi connectivity index (χ0n) is 18.4. The molecular formula is C26H24N4O3. The molecule has 7 heteroatoms. The monoisotopic (exact) mass is 440 g/mol. The molecule has 33 heavy (non-hydrogen) atoms. The summed E-state index contributed by atoms with van der Waals surface area (Å²) < 4.78 is 10.5. The number of aromatic nitrogens is 2. The number of ether oxygens (including phenoxy) is 2. The first kappa shape index (κ1) is 21.8. The van der Waals surface area contributed by atoms with Crippen LogP contribution in [0.1, 0.15) is 15.9 Å². The summed E-state index contributed by atoms with van der Waals surface area (Å²) in [5.74, 6) is 1.58. The average Bonchev–Trinajstić information content (AvgIpc) is 2.88. The van der Waals surface area contributed by atoms with Crippen molar-refractivity contribution in [3.63, 3.8) is 0 Å². The van der Waals surface area contributed by atoms with E-state index in [1.165, 1.54) is 0 Å². The first-order chi connectivity index (χ1) is 16.2. The van der Waals surface area contributed by atoms with Gasteiger partial charge in [0.2, 0.25) is 0 Å². The maximum Gasteiger partial charge on any atom is 0.255 e. The molecule has 7 nitrogen and oxygen atoms in total. The fourth-order valence-electron chi connectivity index (χ4n) is 3.31. The summed E-state index contributed by atoms with van der Waals surface area (Å²) in [4.78, 5) is 12.8. The standard InChI is InChI=1S/C26H24N4O3/c1-32-23-13-11-21(16-24(23)33-2)28-26(31)20-10-6-9-19(15-20)22-12-14-25(30-29-22)27-17-18-7-4-3-5-8-18/h3-16H,17H2,1-2H3,(H,27,30)(H,28,31). The second kappa shape index (κ2) is 10.3. The summed E-state index contributed by atoms with van der Waals surface area (Å²) in [6, 6.07) is 26.3. The molecule has 0 spiro atoms. The summed E-state index contributed by atoms with van der Waals surface area (Å²) >= 11 is 0. The zero-order chi connectivity index (χ0) is 23.0. The van der Waals surface area contributed by atoms with Gasteiger partial charge in [-0.1, -0.05) is 42.5 Å². The molecule has 1 aromatic heterocycles. The number of hydrogen-bond acceptors (Lipinski definition) is 6. The molecule has 166 valence electrons. The average molecular weight is 441 g/mol. The van der Waals surface area contributed by atoms with Gasteiger partial charge < -0.3 is 20.1 Å². The summed E-state index contributed by atoms with van der Waals surface area (Å²) in [7, 11) is 3.12. The molecular weight excluding hydrogens is 416 g/mol. The molecule has 1 amide bonds. The van der Waals surface area contributed by atoms with Crippen molar-refractivity contribution >= 4 is 17.4 Å². The van der Waals surface area contributed by atoms with Crippen LogP contribution in [0.5, 0.6) is 11.5 Å². The normalized spacial score (nSPS) is 10.4. The van der Waals surface area contributed by atoms with Crippen molar-refractivity contribution in [2.24, 2.45) is 0 Å². The summed E-state index contributed by atoms with van der Waals surface area (Å²) in [6.45, 7) is 0.667. The predicted molar refractivity (Wildman–Crippen MR) is 129 cm³/mol. The molecule has 0 aliphatic rings.